The van der Waals surface area contributed by atoms with Gasteiger partial charge in [-0.2, -0.15) is 10.4 Å². The molecular formula is C27H31F2N5O2. The first-order chi connectivity index (χ1) is 17.1. The molecule has 1 saturated heterocycles. The number of nitrogens with one attached hydrogen (secondary N) is 1. The highest BCUT2D eigenvalue weighted by atomic mass is 19.3. The normalized spacial score (nSPS) is 16.5. The van der Waals surface area contributed by atoms with E-state index >= 15 is 0 Å². The number of carbonyl (C=O) groups is 2. The number of alkyl halides is 2. The Hall–Kier alpha value is -4.06. The monoisotopic (exact) mass is 495 g/mol. The van der Waals surface area contributed by atoms with Crippen LogP contribution >= 0.6 is 0 Å². The van der Waals surface area contributed by atoms with E-state index in [0.29, 0.717) is 12.1 Å². The number of carbonyl (C=O) groups excluding carboxylic acids is 2. The van der Waals surface area contributed by atoms with Gasteiger partial charge in [-0.1, -0.05) is 57.2 Å². The molecule has 2 heterocycles. The number of aromatic nitrogens is 2. The van der Waals surface area contributed by atoms with Gasteiger partial charge in [0.25, 0.3) is 5.92 Å². The molecule has 0 radical (unpaired) electrons. The Bertz CT molecular complexity index is 1220. The van der Waals surface area contributed by atoms with Gasteiger partial charge in [0.1, 0.15) is 6.42 Å². The van der Waals surface area contributed by atoms with Crippen LogP contribution in [-0.4, -0.2) is 28.1 Å². The van der Waals surface area contributed by atoms with Crippen LogP contribution in [0.15, 0.2) is 60.7 Å². The van der Waals surface area contributed by atoms with Gasteiger partial charge in [0.2, 0.25) is 11.8 Å². The number of amides is 2. The van der Waals surface area contributed by atoms with Crippen molar-refractivity contribution in [2.45, 2.75) is 40.0 Å². The van der Waals surface area contributed by atoms with E-state index in [1.54, 1.807) is 23.7 Å². The summed E-state index contributed by atoms with van der Waals surface area (Å²) in [6.45, 7) is 7.96. The maximum atomic E-state index is 14.0. The molecule has 2 atom stereocenters. The van der Waals surface area contributed by atoms with Crippen molar-refractivity contribution >= 4 is 11.8 Å². The molecule has 3 N–H and O–H groups in total. The molecule has 2 aromatic carbocycles. The van der Waals surface area contributed by atoms with E-state index < -0.39 is 18.3 Å². The van der Waals surface area contributed by atoms with Gasteiger partial charge in [-0.15, -0.1) is 0 Å². The van der Waals surface area contributed by atoms with Crippen molar-refractivity contribution in [3.8, 4) is 23.0 Å². The minimum atomic E-state index is -3.17. The van der Waals surface area contributed by atoms with Crippen molar-refractivity contribution in [3.63, 3.8) is 0 Å². The lowest BCUT2D eigenvalue weighted by Crippen LogP contribution is -2.28. The Morgan fingerprint density at radius 1 is 1.19 bits per heavy atom. The van der Waals surface area contributed by atoms with Gasteiger partial charge in [-0.3, -0.25) is 9.59 Å². The average molecular weight is 496 g/mol. The molecule has 9 heteroatoms. The molecule has 0 saturated carbocycles. The highest BCUT2D eigenvalue weighted by Gasteiger charge is 2.34. The maximum Gasteiger partial charge on any atom is 0.286 e. The number of halogens is 2. The average Bonchev–Trinajstić information content (AvgIpc) is 3.43. The summed E-state index contributed by atoms with van der Waals surface area (Å²) < 4.78 is 29.8. The first-order valence-electron chi connectivity index (χ1n) is 11.7. The third-order valence-electron chi connectivity index (χ3n) is 5.59. The Morgan fingerprint density at radius 3 is 2.39 bits per heavy atom. The standard InChI is InChI=1S/C19H15F2N3.C6H10N2O2.C2H6/c1-14-12-18(24(23-14)17-8-3-2-4-9-17)15-6-5-7-16(13-15)19(20,21)10-11-22;1-3-4(5(7)9)2-8-6(3)10;1-2/h2-9,12-13H,10H2,1H3;3-4H,2H2,1H3,(H2,7,9)(H,8,10);1-2H3/t;3?,4-;/m.0./s1. The zero-order valence-corrected chi connectivity index (χ0v) is 20.8. The zero-order chi connectivity index (χ0) is 26.9. The molecule has 1 aliphatic rings. The van der Waals surface area contributed by atoms with E-state index in [-0.39, 0.29) is 23.3 Å². The molecule has 1 fully saturated rings. The molecule has 0 spiro atoms. The Balaban J connectivity index is 0.000000318. The molecular weight excluding hydrogens is 464 g/mol. The van der Waals surface area contributed by atoms with E-state index in [0.717, 1.165) is 17.1 Å². The minimum Gasteiger partial charge on any atom is -0.369 e. The lowest BCUT2D eigenvalue weighted by molar-refractivity contribution is -0.127. The largest absolute Gasteiger partial charge is 0.369 e. The van der Waals surface area contributed by atoms with E-state index in [9.17, 15) is 18.4 Å². The van der Waals surface area contributed by atoms with Gasteiger partial charge in [0, 0.05) is 23.6 Å². The predicted octanol–water partition coefficient (Wildman–Crippen LogP) is 4.73. The van der Waals surface area contributed by atoms with Gasteiger partial charge >= 0.3 is 0 Å². The van der Waals surface area contributed by atoms with Crippen LogP contribution in [0, 0.1) is 30.1 Å². The van der Waals surface area contributed by atoms with Gasteiger partial charge in [0.15, 0.2) is 0 Å². The van der Waals surface area contributed by atoms with Gasteiger partial charge in [-0.05, 0) is 31.2 Å². The number of para-hydroxylation sites is 1. The summed E-state index contributed by atoms with van der Waals surface area (Å²) in [4.78, 5) is 21.4. The van der Waals surface area contributed by atoms with Gasteiger partial charge < -0.3 is 11.1 Å². The summed E-state index contributed by atoms with van der Waals surface area (Å²) in [5.41, 5.74) is 7.87. The van der Waals surface area contributed by atoms with E-state index in [1.165, 1.54) is 18.2 Å². The number of hydrogen-bond acceptors (Lipinski definition) is 4. The number of nitrogens with two attached hydrogens (primary N) is 1. The lowest BCUT2D eigenvalue weighted by atomic mass is 9.97. The first-order valence-corrected chi connectivity index (χ1v) is 11.7. The van der Waals surface area contributed by atoms with Crippen molar-refractivity contribution in [1.82, 2.24) is 15.1 Å². The van der Waals surface area contributed by atoms with Crippen molar-refractivity contribution in [2.24, 2.45) is 17.6 Å². The molecule has 7 nitrogen and oxygen atoms in total. The van der Waals surface area contributed by atoms with Crippen LogP contribution in [-0.2, 0) is 15.5 Å². The van der Waals surface area contributed by atoms with Crippen LogP contribution < -0.4 is 11.1 Å². The zero-order valence-electron chi connectivity index (χ0n) is 20.8. The molecule has 190 valence electrons. The quantitative estimate of drug-likeness (QED) is 0.532. The van der Waals surface area contributed by atoms with Crippen LogP contribution in [0.25, 0.3) is 16.9 Å². The molecule has 1 unspecified atom stereocenters. The number of aryl methyl sites for hydroxylation is 1. The fourth-order valence-electron chi connectivity index (χ4n) is 3.66. The third-order valence-corrected chi connectivity index (χ3v) is 5.59. The van der Waals surface area contributed by atoms with Crippen LogP contribution in [0.3, 0.4) is 0 Å². The Kier molecular flexibility index (Phi) is 9.85. The van der Waals surface area contributed by atoms with E-state index in [2.05, 4.69) is 10.4 Å². The number of hydrogen-bond donors (Lipinski definition) is 2. The van der Waals surface area contributed by atoms with Crippen LogP contribution in [0.4, 0.5) is 8.78 Å². The van der Waals surface area contributed by atoms with Gasteiger partial charge in [0.05, 0.1) is 29.1 Å². The maximum absolute atomic E-state index is 14.0. The molecule has 0 aliphatic carbocycles. The fourth-order valence-corrected chi connectivity index (χ4v) is 3.66. The second-order valence-corrected chi connectivity index (χ2v) is 8.08. The summed E-state index contributed by atoms with van der Waals surface area (Å²) in [5.74, 6) is -4.21. The fraction of sp³-hybridized carbons (Fsp3) is 0.333. The summed E-state index contributed by atoms with van der Waals surface area (Å²) >= 11 is 0. The summed E-state index contributed by atoms with van der Waals surface area (Å²) in [6.07, 6.45) is -0.840. The summed E-state index contributed by atoms with van der Waals surface area (Å²) in [5, 5.41) is 15.6. The van der Waals surface area contributed by atoms with E-state index in [1.807, 2.05) is 57.2 Å². The highest BCUT2D eigenvalue weighted by Crippen LogP contribution is 2.34. The summed E-state index contributed by atoms with van der Waals surface area (Å²) in [7, 11) is 0. The first kappa shape index (κ1) is 28.2. The molecule has 3 aromatic rings. The minimum absolute atomic E-state index is 0.0798. The number of nitriles is 1. The van der Waals surface area contributed by atoms with Crippen LogP contribution in [0.1, 0.15) is 38.4 Å². The van der Waals surface area contributed by atoms with Gasteiger partial charge in [-0.25, -0.2) is 13.5 Å². The molecule has 4 rings (SSSR count). The Labute approximate surface area is 209 Å². The smallest absolute Gasteiger partial charge is 0.286 e. The van der Waals surface area contributed by atoms with Crippen LogP contribution in [0.2, 0.25) is 0 Å². The highest BCUT2D eigenvalue weighted by molar-refractivity contribution is 5.90. The second-order valence-electron chi connectivity index (χ2n) is 8.08. The number of primary amides is 1. The SMILES string of the molecule is CC.CC1C(=O)NC[C@@H]1C(N)=O.Cc1cc(-c2cccc(C(F)(F)CC#N)c2)n(-c2ccccc2)n1. The van der Waals surface area contributed by atoms with Crippen molar-refractivity contribution < 1.29 is 18.4 Å². The molecule has 36 heavy (non-hydrogen) atoms. The molecule has 2 amide bonds. The summed E-state index contributed by atoms with van der Waals surface area (Å²) in [6, 6.07) is 19.0. The number of benzene rings is 2. The molecule has 1 aromatic heterocycles. The third kappa shape index (κ3) is 6.75. The lowest BCUT2D eigenvalue weighted by Gasteiger charge is -2.14. The Morgan fingerprint density at radius 2 is 1.86 bits per heavy atom. The van der Waals surface area contributed by atoms with Crippen LogP contribution in [0.5, 0.6) is 0 Å². The number of nitrogens with zero attached hydrogens (tertiary/aromatic N) is 3. The van der Waals surface area contributed by atoms with Crippen molar-refractivity contribution in [3.05, 3.63) is 71.9 Å². The van der Waals surface area contributed by atoms with Crippen molar-refractivity contribution in [1.29, 1.82) is 5.26 Å². The van der Waals surface area contributed by atoms with Crippen molar-refractivity contribution in [2.75, 3.05) is 6.54 Å². The topological polar surface area (TPSA) is 114 Å². The second kappa shape index (κ2) is 12.6. The predicted molar refractivity (Wildman–Crippen MR) is 134 cm³/mol. The molecule has 0 bridgehead atoms. The molecule has 1 aliphatic heterocycles. The van der Waals surface area contributed by atoms with E-state index in [4.69, 9.17) is 11.0 Å². The number of rotatable bonds is 5.